The fourth-order valence-electron chi connectivity index (χ4n) is 3.72. The number of epoxide rings is 1. The predicted molar refractivity (Wildman–Crippen MR) is 61.6 cm³/mol. The first kappa shape index (κ1) is 11.9. The van der Waals surface area contributed by atoms with Gasteiger partial charge in [0.25, 0.3) is 0 Å². The summed E-state index contributed by atoms with van der Waals surface area (Å²) >= 11 is 0. The molecule has 0 spiro atoms. The molecule has 3 fully saturated rings. The molecule has 0 aromatic heterocycles. The highest BCUT2D eigenvalue weighted by Gasteiger charge is 2.67. The third-order valence-electron chi connectivity index (χ3n) is 4.66. The second-order valence-electron chi connectivity index (χ2n) is 5.81. The summed E-state index contributed by atoms with van der Waals surface area (Å²) in [6.07, 6.45) is 4.59. The predicted octanol–water partition coefficient (Wildman–Crippen LogP) is 0.845. The van der Waals surface area contributed by atoms with Crippen LogP contribution in [0, 0.1) is 5.41 Å². The summed E-state index contributed by atoms with van der Waals surface area (Å²) in [5.41, 5.74) is -0.333. The first-order valence-corrected chi connectivity index (χ1v) is 6.81. The summed E-state index contributed by atoms with van der Waals surface area (Å²) in [5, 5.41) is 19.8. The molecule has 6 atom stereocenters. The molecule has 3 aliphatic rings. The van der Waals surface area contributed by atoms with Gasteiger partial charge in [-0.15, -0.1) is 0 Å². The van der Waals surface area contributed by atoms with E-state index in [2.05, 4.69) is 6.92 Å². The van der Waals surface area contributed by atoms with E-state index in [0.717, 1.165) is 25.7 Å². The van der Waals surface area contributed by atoms with Gasteiger partial charge in [-0.2, -0.15) is 0 Å². The fraction of sp³-hybridized carbons (Fsp3) is 1.00. The van der Waals surface area contributed by atoms with Crippen LogP contribution in [0.25, 0.3) is 0 Å². The largest absolute Gasteiger partial charge is 0.396 e. The first-order chi connectivity index (χ1) is 8.21. The minimum atomic E-state index is -0.475. The highest BCUT2D eigenvalue weighted by atomic mass is 16.6. The van der Waals surface area contributed by atoms with E-state index >= 15 is 0 Å². The first-order valence-electron chi connectivity index (χ1n) is 6.81. The summed E-state index contributed by atoms with van der Waals surface area (Å²) in [6, 6.07) is 0. The fourth-order valence-corrected chi connectivity index (χ4v) is 3.72. The van der Waals surface area contributed by atoms with Crippen molar-refractivity contribution in [3.8, 4) is 0 Å². The molecule has 2 heterocycles. The van der Waals surface area contributed by atoms with Gasteiger partial charge >= 0.3 is 0 Å². The number of hydrogen-bond donors (Lipinski definition) is 2. The van der Waals surface area contributed by atoms with Crippen molar-refractivity contribution in [3.05, 3.63) is 0 Å². The van der Waals surface area contributed by atoms with Crippen LogP contribution in [-0.2, 0) is 9.47 Å². The molecule has 0 aromatic carbocycles. The van der Waals surface area contributed by atoms with Gasteiger partial charge in [0, 0.05) is 6.42 Å². The number of rotatable bonds is 4. The lowest BCUT2D eigenvalue weighted by molar-refractivity contribution is -0.0970. The van der Waals surface area contributed by atoms with Gasteiger partial charge < -0.3 is 19.7 Å². The molecule has 4 heteroatoms. The average molecular weight is 242 g/mol. The zero-order valence-corrected chi connectivity index (χ0v) is 10.3. The Morgan fingerprint density at radius 1 is 1.29 bits per heavy atom. The molecule has 2 saturated heterocycles. The van der Waals surface area contributed by atoms with E-state index in [0.29, 0.717) is 6.42 Å². The molecule has 0 bridgehead atoms. The van der Waals surface area contributed by atoms with Crippen LogP contribution < -0.4 is 0 Å². The van der Waals surface area contributed by atoms with E-state index in [1.165, 1.54) is 0 Å². The van der Waals surface area contributed by atoms with E-state index < -0.39 is 6.10 Å². The maximum absolute atomic E-state index is 10.1. The monoisotopic (exact) mass is 242 g/mol. The second-order valence-corrected chi connectivity index (χ2v) is 5.81. The molecule has 2 N–H and O–H groups in total. The highest BCUT2D eigenvalue weighted by molar-refractivity contribution is 5.14. The average Bonchev–Trinajstić information content (AvgIpc) is 2.99. The standard InChI is InChI=1S/C13H22O4/c1-2-3-4-8-6-13(7-14)11(16-8)9(15)5-10-12(13)17-10/h8-12,14-15H,2-7H2,1H3/t8-,9+,10-,11-,12-,13+/m0/s1. The van der Waals surface area contributed by atoms with Crippen LogP contribution in [0.1, 0.15) is 39.0 Å². The second kappa shape index (κ2) is 4.19. The van der Waals surface area contributed by atoms with Crippen LogP contribution in [0.2, 0.25) is 0 Å². The molecule has 1 saturated carbocycles. The van der Waals surface area contributed by atoms with Gasteiger partial charge in [0.1, 0.15) is 0 Å². The van der Waals surface area contributed by atoms with Crippen LogP contribution >= 0.6 is 0 Å². The molecule has 1 aliphatic carbocycles. The minimum absolute atomic E-state index is 0.0680. The molecule has 4 nitrogen and oxygen atoms in total. The quantitative estimate of drug-likeness (QED) is 0.717. The molecule has 17 heavy (non-hydrogen) atoms. The minimum Gasteiger partial charge on any atom is -0.396 e. The van der Waals surface area contributed by atoms with Crippen molar-refractivity contribution in [2.24, 2.45) is 5.41 Å². The lowest BCUT2D eigenvalue weighted by atomic mass is 9.69. The molecule has 0 aromatic rings. The Balaban J connectivity index is 1.75. The van der Waals surface area contributed by atoms with Crippen molar-refractivity contribution in [1.82, 2.24) is 0 Å². The summed E-state index contributed by atoms with van der Waals surface area (Å²) in [7, 11) is 0. The number of fused-ring (bicyclic) bond motifs is 3. The maximum atomic E-state index is 10.1. The number of aliphatic hydroxyl groups is 2. The lowest BCUT2D eigenvalue weighted by Gasteiger charge is -2.36. The van der Waals surface area contributed by atoms with Gasteiger partial charge in [-0.05, 0) is 12.8 Å². The van der Waals surface area contributed by atoms with E-state index in [1.807, 2.05) is 0 Å². The van der Waals surface area contributed by atoms with Crippen LogP contribution in [-0.4, -0.2) is 47.3 Å². The SMILES string of the molecule is CCCC[C@H]1C[C@@]2(CO)[C@@H](O1)[C@H](O)C[C@@H]1O[C@@H]12. The normalized spacial score (nSPS) is 52.1. The van der Waals surface area contributed by atoms with Gasteiger partial charge in [0.15, 0.2) is 0 Å². The third kappa shape index (κ3) is 1.73. The number of ether oxygens (including phenoxy) is 2. The van der Waals surface area contributed by atoms with Crippen molar-refractivity contribution >= 4 is 0 Å². The van der Waals surface area contributed by atoms with E-state index in [9.17, 15) is 10.2 Å². The van der Waals surface area contributed by atoms with Gasteiger partial charge in [-0.25, -0.2) is 0 Å². The molecule has 3 rings (SSSR count). The van der Waals surface area contributed by atoms with Crippen LogP contribution in [0.15, 0.2) is 0 Å². The highest BCUT2D eigenvalue weighted by Crippen LogP contribution is 2.56. The lowest BCUT2D eigenvalue weighted by Crippen LogP contribution is -2.50. The molecule has 98 valence electrons. The Morgan fingerprint density at radius 2 is 2.12 bits per heavy atom. The Hall–Kier alpha value is -0.160. The molecule has 0 amide bonds. The maximum Gasteiger partial charge on any atom is 0.0947 e. The Labute approximate surface area is 102 Å². The molecule has 0 radical (unpaired) electrons. The molecular formula is C13H22O4. The Morgan fingerprint density at radius 3 is 2.82 bits per heavy atom. The van der Waals surface area contributed by atoms with Gasteiger partial charge in [-0.1, -0.05) is 19.8 Å². The Bertz CT molecular complexity index is 295. The van der Waals surface area contributed by atoms with E-state index in [1.54, 1.807) is 0 Å². The topological polar surface area (TPSA) is 62.2 Å². The van der Waals surface area contributed by atoms with Crippen molar-refractivity contribution in [3.63, 3.8) is 0 Å². The van der Waals surface area contributed by atoms with E-state index in [4.69, 9.17) is 9.47 Å². The number of unbranched alkanes of at least 4 members (excludes halogenated alkanes) is 1. The van der Waals surface area contributed by atoms with Crippen molar-refractivity contribution in [2.45, 2.75) is 69.5 Å². The van der Waals surface area contributed by atoms with E-state index in [-0.39, 0.29) is 36.4 Å². The van der Waals surface area contributed by atoms with Crippen molar-refractivity contribution in [2.75, 3.05) is 6.61 Å². The van der Waals surface area contributed by atoms with Gasteiger partial charge in [-0.3, -0.25) is 0 Å². The summed E-state index contributed by atoms with van der Waals surface area (Å²) in [6.45, 7) is 2.23. The van der Waals surface area contributed by atoms with Crippen LogP contribution in [0.3, 0.4) is 0 Å². The smallest absolute Gasteiger partial charge is 0.0947 e. The Kier molecular flexibility index (Phi) is 2.94. The molecule has 0 unspecified atom stereocenters. The summed E-state index contributed by atoms with van der Waals surface area (Å²) in [4.78, 5) is 0. The molecule has 2 aliphatic heterocycles. The van der Waals surface area contributed by atoms with Crippen LogP contribution in [0.4, 0.5) is 0 Å². The van der Waals surface area contributed by atoms with Crippen molar-refractivity contribution in [1.29, 1.82) is 0 Å². The molecular weight excluding hydrogens is 220 g/mol. The zero-order valence-electron chi connectivity index (χ0n) is 10.3. The van der Waals surface area contributed by atoms with Crippen LogP contribution in [0.5, 0.6) is 0 Å². The summed E-state index contributed by atoms with van der Waals surface area (Å²) in [5.74, 6) is 0. The van der Waals surface area contributed by atoms with Gasteiger partial charge in [0.2, 0.25) is 0 Å². The van der Waals surface area contributed by atoms with Gasteiger partial charge in [0.05, 0.1) is 42.5 Å². The number of aliphatic hydroxyl groups excluding tert-OH is 2. The summed E-state index contributed by atoms with van der Waals surface area (Å²) < 4.78 is 11.6. The third-order valence-corrected chi connectivity index (χ3v) is 4.66. The van der Waals surface area contributed by atoms with Crippen molar-refractivity contribution < 1.29 is 19.7 Å². The zero-order chi connectivity index (χ0) is 12.0. The number of hydrogen-bond acceptors (Lipinski definition) is 4.